The predicted octanol–water partition coefficient (Wildman–Crippen LogP) is 2.81. The van der Waals surface area contributed by atoms with Gasteiger partial charge < -0.3 is 10.2 Å². The highest BCUT2D eigenvalue weighted by atomic mass is 16.1. The van der Waals surface area contributed by atoms with Crippen LogP contribution < -0.4 is 21.2 Å². The van der Waals surface area contributed by atoms with Crippen LogP contribution in [0.25, 0.3) is 11.0 Å². The minimum Gasteiger partial charge on any atom is -0.369 e. The molecule has 2 aliphatic heterocycles. The molecule has 0 aromatic carbocycles. The van der Waals surface area contributed by atoms with Gasteiger partial charge in [0, 0.05) is 49.2 Å². The molecule has 5 heterocycles. The highest BCUT2D eigenvalue weighted by Crippen LogP contribution is 2.41. The summed E-state index contributed by atoms with van der Waals surface area (Å²) in [6, 6.07) is 4.05. The van der Waals surface area contributed by atoms with E-state index in [1.807, 2.05) is 19.3 Å². The average Bonchev–Trinajstić information content (AvgIpc) is 3.33. The third-order valence-corrected chi connectivity index (χ3v) is 8.02. The van der Waals surface area contributed by atoms with Crippen LogP contribution in [-0.2, 0) is 0 Å². The summed E-state index contributed by atoms with van der Waals surface area (Å²) in [4.78, 5) is 41.9. The van der Waals surface area contributed by atoms with Gasteiger partial charge in [-0.25, -0.2) is 15.0 Å². The number of carbonyl (C=O) groups is 1. The normalized spacial score (nSPS) is 19.5. The molecule has 188 valence electrons. The number of nitrogens with one attached hydrogen (secondary N) is 2. The zero-order chi connectivity index (χ0) is 25.0. The highest BCUT2D eigenvalue weighted by Gasteiger charge is 2.51. The topological polar surface area (TPSA) is 108 Å². The molecule has 0 bridgehead atoms. The van der Waals surface area contributed by atoms with Crippen molar-refractivity contribution < 1.29 is 4.79 Å². The van der Waals surface area contributed by atoms with Crippen molar-refractivity contribution in [2.75, 3.05) is 43.4 Å². The van der Waals surface area contributed by atoms with Gasteiger partial charge in [-0.05, 0) is 51.4 Å². The summed E-state index contributed by atoms with van der Waals surface area (Å²) >= 11 is 0. The largest absolute Gasteiger partial charge is 0.369 e. The molecule has 1 saturated carbocycles. The van der Waals surface area contributed by atoms with Gasteiger partial charge in [-0.1, -0.05) is 12.8 Å². The molecule has 1 aliphatic carbocycles. The lowest BCUT2D eigenvalue weighted by atomic mass is 9.73. The van der Waals surface area contributed by atoms with Gasteiger partial charge in [0.05, 0.1) is 17.4 Å². The number of Topliss-reactive ketones (excluding diaryl/α,β-unsaturated/α-hetero) is 1. The van der Waals surface area contributed by atoms with Crippen molar-refractivity contribution in [3.63, 3.8) is 0 Å². The van der Waals surface area contributed by atoms with E-state index in [-0.39, 0.29) is 22.9 Å². The number of pyridine rings is 2. The van der Waals surface area contributed by atoms with Crippen LogP contribution in [-0.4, -0.2) is 63.5 Å². The molecule has 0 amide bonds. The van der Waals surface area contributed by atoms with Crippen LogP contribution in [0.3, 0.4) is 0 Å². The Bertz CT molecular complexity index is 1380. The number of anilines is 3. The van der Waals surface area contributed by atoms with Crippen LogP contribution >= 0.6 is 0 Å². The number of hydrazine groups is 1. The molecule has 3 aliphatic rings. The van der Waals surface area contributed by atoms with Crippen molar-refractivity contribution in [2.24, 2.45) is 5.41 Å². The number of fused-ring (bicyclic) bond motifs is 1. The van der Waals surface area contributed by atoms with E-state index in [1.165, 1.54) is 6.92 Å². The first kappa shape index (κ1) is 23.1. The fourth-order valence-corrected chi connectivity index (χ4v) is 6.14. The Morgan fingerprint density at radius 3 is 2.47 bits per heavy atom. The standard InChI is InChI=1S/C26H32N8O2/c1-16-20-11-29-25(31-23(20)34(18-6-4-5-7-18)24(36)22(16)17(2)35)30-21-9-8-19(10-28-21)32-12-26(13-32)14-33(15-26)27-3/h8-11,18,27H,4-7,12-15H2,1-3H3,(H,28,29,30,31). The second-order valence-corrected chi connectivity index (χ2v) is 10.6. The molecule has 3 aromatic heterocycles. The summed E-state index contributed by atoms with van der Waals surface area (Å²) in [6.45, 7) is 7.53. The average molecular weight is 489 g/mol. The van der Waals surface area contributed by atoms with Crippen LogP contribution in [0.15, 0.2) is 29.3 Å². The number of aromatic nitrogens is 4. The summed E-state index contributed by atoms with van der Waals surface area (Å²) in [5, 5.41) is 6.17. The Morgan fingerprint density at radius 1 is 1.08 bits per heavy atom. The highest BCUT2D eigenvalue weighted by molar-refractivity contribution is 5.99. The van der Waals surface area contributed by atoms with Crippen molar-refractivity contribution >= 4 is 34.3 Å². The van der Waals surface area contributed by atoms with Gasteiger partial charge in [-0.15, -0.1) is 0 Å². The fraction of sp³-hybridized carbons (Fsp3) is 0.500. The monoisotopic (exact) mass is 488 g/mol. The van der Waals surface area contributed by atoms with Crippen molar-refractivity contribution in [1.29, 1.82) is 0 Å². The van der Waals surface area contributed by atoms with E-state index in [0.29, 0.717) is 28.4 Å². The van der Waals surface area contributed by atoms with E-state index in [2.05, 4.69) is 36.7 Å². The van der Waals surface area contributed by atoms with Gasteiger partial charge in [0.2, 0.25) is 5.95 Å². The second-order valence-electron chi connectivity index (χ2n) is 10.6. The third kappa shape index (κ3) is 3.75. The molecule has 10 heteroatoms. The van der Waals surface area contributed by atoms with Crippen LogP contribution in [0.5, 0.6) is 0 Å². The van der Waals surface area contributed by atoms with Crippen LogP contribution in [0.1, 0.15) is 54.6 Å². The van der Waals surface area contributed by atoms with E-state index in [4.69, 9.17) is 4.98 Å². The Morgan fingerprint density at radius 2 is 1.83 bits per heavy atom. The Hall–Kier alpha value is -3.37. The molecule has 1 spiro atoms. The van der Waals surface area contributed by atoms with Crippen molar-refractivity contribution in [2.45, 2.75) is 45.6 Å². The molecule has 2 saturated heterocycles. The zero-order valence-electron chi connectivity index (χ0n) is 21.0. The summed E-state index contributed by atoms with van der Waals surface area (Å²) in [6.07, 6.45) is 7.55. The van der Waals surface area contributed by atoms with Gasteiger partial charge in [0.1, 0.15) is 11.5 Å². The van der Waals surface area contributed by atoms with Gasteiger partial charge in [-0.3, -0.25) is 19.6 Å². The number of carbonyl (C=O) groups excluding carboxylic acids is 1. The smallest absolute Gasteiger partial charge is 0.263 e. The van der Waals surface area contributed by atoms with E-state index in [9.17, 15) is 9.59 Å². The number of aryl methyl sites for hydroxylation is 1. The zero-order valence-corrected chi connectivity index (χ0v) is 21.0. The summed E-state index contributed by atoms with van der Waals surface area (Å²) in [5.74, 6) is 0.806. The molecular formula is C26H32N8O2. The first-order chi connectivity index (χ1) is 17.4. The van der Waals surface area contributed by atoms with Crippen molar-refractivity contribution in [3.8, 4) is 0 Å². The van der Waals surface area contributed by atoms with Crippen LogP contribution in [0.4, 0.5) is 17.5 Å². The quantitative estimate of drug-likeness (QED) is 0.506. The number of hydrogen-bond acceptors (Lipinski definition) is 9. The van der Waals surface area contributed by atoms with Crippen LogP contribution in [0.2, 0.25) is 0 Å². The maximum absolute atomic E-state index is 13.4. The third-order valence-electron chi connectivity index (χ3n) is 8.02. The SMILES string of the molecule is CNN1CC2(C1)CN(c1ccc(Nc3ncc4c(C)c(C(C)=O)c(=O)n(C5CCCC5)c4n3)nc1)C2. The van der Waals surface area contributed by atoms with E-state index < -0.39 is 0 Å². The fourth-order valence-electron chi connectivity index (χ4n) is 6.14. The van der Waals surface area contributed by atoms with E-state index in [1.54, 1.807) is 17.7 Å². The molecule has 3 fully saturated rings. The summed E-state index contributed by atoms with van der Waals surface area (Å²) < 4.78 is 1.73. The molecule has 6 rings (SSSR count). The molecule has 0 unspecified atom stereocenters. The van der Waals surface area contributed by atoms with E-state index in [0.717, 1.165) is 62.9 Å². The predicted molar refractivity (Wildman–Crippen MR) is 139 cm³/mol. The van der Waals surface area contributed by atoms with Gasteiger partial charge in [0.15, 0.2) is 5.78 Å². The minimum absolute atomic E-state index is 0.0505. The maximum Gasteiger partial charge on any atom is 0.263 e. The lowest BCUT2D eigenvalue weighted by Gasteiger charge is -2.60. The lowest BCUT2D eigenvalue weighted by Crippen LogP contribution is -2.74. The van der Waals surface area contributed by atoms with Gasteiger partial charge in [-0.2, -0.15) is 4.98 Å². The van der Waals surface area contributed by atoms with Crippen molar-refractivity contribution in [1.82, 2.24) is 30.0 Å². The van der Waals surface area contributed by atoms with E-state index >= 15 is 0 Å². The summed E-state index contributed by atoms with van der Waals surface area (Å²) in [7, 11) is 1.97. The maximum atomic E-state index is 13.4. The number of hydrogen-bond donors (Lipinski definition) is 2. The van der Waals surface area contributed by atoms with Gasteiger partial charge >= 0.3 is 0 Å². The number of rotatable bonds is 6. The number of nitrogens with zero attached hydrogens (tertiary/aromatic N) is 6. The second kappa shape index (κ2) is 8.63. The lowest BCUT2D eigenvalue weighted by molar-refractivity contribution is -0.0508. The molecule has 0 radical (unpaired) electrons. The molecule has 10 nitrogen and oxygen atoms in total. The molecular weight excluding hydrogens is 456 g/mol. The summed E-state index contributed by atoms with van der Waals surface area (Å²) in [5.41, 5.74) is 5.93. The Labute approximate surface area is 209 Å². The molecule has 36 heavy (non-hydrogen) atoms. The first-order valence-corrected chi connectivity index (χ1v) is 12.7. The molecule has 2 N–H and O–H groups in total. The van der Waals surface area contributed by atoms with Gasteiger partial charge in [0.25, 0.3) is 5.56 Å². The first-order valence-electron chi connectivity index (χ1n) is 12.7. The van der Waals surface area contributed by atoms with Crippen LogP contribution in [0, 0.1) is 12.3 Å². The Balaban J connectivity index is 1.25. The molecule has 0 atom stereocenters. The number of ketones is 1. The Kier molecular flexibility index (Phi) is 5.53. The van der Waals surface area contributed by atoms with Crippen molar-refractivity contribution in [3.05, 3.63) is 46.0 Å². The molecule has 3 aromatic rings. The minimum atomic E-state index is -0.247.